The molecule has 1 aromatic heterocycles. The number of amidine groups is 1. The van der Waals surface area contributed by atoms with Crippen molar-refractivity contribution < 1.29 is 8.78 Å². The number of halogens is 2. The molecule has 3 aromatic rings. The van der Waals surface area contributed by atoms with Crippen LogP contribution in [0.4, 0.5) is 25.2 Å². The van der Waals surface area contributed by atoms with E-state index in [-0.39, 0.29) is 11.6 Å². The number of piperazine rings is 1. The third kappa shape index (κ3) is 4.27. The zero-order valence-corrected chi connectivity index (χ0v) is 19.1. The lowest BCUT2D eigenvalue weighted by atomic mass is 10.0. The Morgan fingerprint density at radius 1 is 1.09 bits per heavy atom. The monoisotopic (exact) mass is 452 g/mol. The Hall–Kier alpha value is -2.77. The van der Waals surface area contributed by atoms with E-state index in [0.717, 1.165) is 60.1 Å². The fourth-order valence-electron chi connectivity index (χ4n) is 4.49. The average Bonchev–Trinajstić information content (AvgIpc) is 3.06. The molecule has 2 aliphatic heterocycles. The number of nitrogens with zero attached hydrogens (tertiary/aromatic N) is 3. The molecule has 1 atom stereocenters. The molecule has 7 heteroatoms. The molecule has 1 N–H and O–H groups in total. The van der Waals surface area contributed by atoms with E-state index in [4.69, 9.17) is 4.99 Å². The molecule has 3 heterocycles. The number of hydrogen-bond acceptors (Lipinski definition) is 5. The van der Waals surface area contributed by atoms with E-state index in [9.17, 15) is 8.78 Å². The highest BCUT2D eigenvalue weighted by atomic mass is 32.1. The van der Waals surface area contributed by atoms with E-state index in [1.807, 2.05) is 6.07 Å². The molecule has 1 fully saturated rings. The van der Waals surface area contributed by atoms with Crippen LogP contribution in [0, 0.1) is 18.6 Å². The predicted octanol–water partition coefficient (Wildman–Crippen LogP) is 5.72. The van der Waals surface area contributed by atoms with Crippen LogP contribution < -0.4 is 5.32 Å². The number of thiophene rings is 1. The van der Waals surface area contributed by atoms with Crippen molar-refractivity contribution in [2.24, 2.45) is 4.99 Å². The minimum absolute atomic E-state index is 0.187. The molecule has 4 nitrogen and oxygen atoms in total. The van der Waals surface area contributed by atoms with Gasteiger partial charge in [-0.2, -0.15) is 0 Å². The standard InChI is InChI=1S/C25H26F2N4S/c1-16-12-21-24(28-23-14-19(27)7-9-22(23)29-25(21)32-16)31-11-10-30(2)20(15-31)8-6-17-4-3-5-18(26)13-17/h3-5,7,9,12-14,20,29H,6,8,10-11,15H2,1-2H3/t20-/m0/s1. The lowest BCUT2D eigenvalue weighted by Crippen LogP contribution is -2.53. The lowest BCUT2D eigenvalue weighted by molar-refractivity contribution is 0.134. The molecule has 0 amide bonds. The third-order valence-corrected chi connectivity index (χ3v) is 7.23. The second-order valence-corrected chi connectivity index (χ2v) is 9.83. The van der Waals surface area contributed by atoms with Gasteiger partial charge in [0.1, 0.15) is 22.5 Å². The third-order valence-electron chi connectivity index (χ3n) is 6.26. The van der Waals surface area contributed by atoms with Crippen LogP contribution in [0.2, 0.25) is 0 Å². The molecule has 0 aliphatic carbocycles. The summed E-state index contributed by atoms with van der Waals surface area (Å²) in [5.74, 6) is 0.416. The van der Waals surface area contributed by atoms with Gasteiger partial charge in [-0.25, -0.2) is 13.8 Å². The Balaban J connectivity index is 1.43. The summed E-state index contributed by atoms with van der Waals surface area (Å²) in [6.07, 6.45) is 1.76. The van der Waals surface area contributed by atoms with Gasteiger partial charge in [0.25, 0.3) is 0 Å². The minimum atomic E-state index is -0.290. The molecule has 0 unspecified atom stereocenters. The number of benzene rings is 2. The van der Waals surface area contributed by atoms with Crippen LogP contribution >= 0.6 is 11.3 Å². The van der Waals surface area contributed by atoms with Crippen LogP contribution in [0.5, 0.6) is 0 Å². The number of likely N-dealkylation sites (N-methyl/N-ethyl adjacent to an activating group) is 1. The van der Waals surface area contributed by atoms with E-state index < -0.39 is 0 Å². The number of rotatable bonds is 3. The van der Waals surface area contributed by atoms with Crippen LogP contribution in [0.15, 0.2) is 53.5 Å². The van der Waals surface area contributed by atoms with Crippen LogP contribution in [-0.4, -0.2) is 48.4 Å². The summed E-state index contributed by atoms with van der Waals surface area (Å²) in [6.45, 7) is 4.68. The predicted molar refractivity (Wildman–Crippen MR) is 128 cm³/mol. The summed E-state index contributed by atoms with van der Waals surface area (Å²) in [6, 6.07) is 14.0. The van der Waals surface area contributed by atoms with Gasteiger partial charge in [-0.15, -0.1) is 11.3 Å². The molecular weight excluding hydrogens is 426 g/mol. The number of anilines is 2. The molecular formula is C25H26F2N4S. The second-order valence-electron chi connectivity index (χ2n) is 8.57. The number of hydrogen-bond donors (Lipinski definition) is 1. The summed E-state index contributed by atoms with van der Waals surface area (Å²) in [7, 11) is 2.15. The SMILES string of the molecule is Cc1cc2c(s1)Nc1ccc(F)cc1N=C2N1CCN(C)[C@@H](CCc2cccc(F)c2)C1. The summed E-state index contributed by atoms with van der Waals surface area (Å²) in [4.78, 5) is 10.8. The summed E-state index contributed by atoms with van der Waals surface area (Å²) < 4.78 is 27.6. The first-order chi connectivity index (χ1) is 15.5. The van der Waals surface area contributed by atoms with Gasteiger partial charge in [0, 0.05) is 36.6 Å². The molecule has 5 rings (SSSR count). The zero-order chi connectivity index (χ0) is 22.2. The second kappa shape index (κ2) is 8.64. The summed E-state index contributed by atoms with van der Waals surface area (Å²) in [5, 5.41) is 4.50. The highest BCUT2D eigenvalue weighted by Gasteiger charge is 2.30. The van der Waals surface area contributed by atoms with Gasteiger partial charge < -0.3 is 10.2 Å². The van der Waals surface area contributed by atoms with E-state index in [0.29, 0.717) is 11.7 Å². The van der Waals surface area contributed by atoms with E-state index in [1.165, 1.54) is 23.1 Å². The van der Waals surface area contributed by atoms with Crippen LogP contribution in [0.25, 0.3) is 0 Å². The molecule has 0 bridgehead atoms. The Labute approximate surface area is 191 Å². The highest BCUT2D eigenvalue weighted by Crippen LogP contribution is 2.39. The van der Waals surface area contributed by atoms with Crippen LogP contribution in [0.3, 0.4) is 0 Å². The maximum Gasteiger partial charge on any atom is 0.139 e. The highest BCUT2D eigenvalue weighted by molar-refractivity contribution is 7.16. The molecule has 1 saturated heterocycles. The van der Waals surface area contributed by atoms with Crippen molar-refractivity contribution in [2.45, 2.75) is 25.8 Å². The fraction of sp³-hybridized carbons (Fsp3) is 0.320. The lowest BCUT2D eigenvalue weighted by Gasteiger charge is -2.41. The number of nitrogens with one attached hydrogen (secondary N) is 1. The van der Waals surface area contributed by atoms with Crippen molar-refractivity contribution in [1.82, 2.24) is 9.80 Å². The fourth-order valence-corrected chi connectivity index (χ4v) is 5.41. The van der Waals surface area contributed by atoms with E-state index >= 15 is 0 Å². The van der Waals surface area contributed by atoms with E-state index in [2.05, 4.69) is 35.2 Å². The van der Waals surface area contributed by atoms with Crippen molar-refractivity contribution in [1.29, 1.82) is 0 Å². The molecule has 2 aliphatic rings. The average molecular weight is 453 g/mol. The normalized spacial score (nSPS) is 18.4. The molecule has 0 radical (unpaired) electrons. The summed E-state index contributed by atoms with van der Waals surface area (Å²) >= 11 is 1.69. The van der Waals surface area contributed by atoms with Gasteiger partial charge in [-0.1, -0.05) is 12.1 Å². The van der Waals surface area contributed by atoms with Gasteiger partial charge in [0.05, 0.1) is 16.9 Å². The molecule has 0 spiro atoms. The smallest absolute Gasteiger partial charge is 0.139 e. The number of aryl methyl sites for hydroxylation is 2. The van der Waals surface area contributed by atoms with Gasteiger partial charge in [0.15, 0.2) is 0 Å². The van der Waals surface area contributed by atoms with Crippen molar-refractivity contribution in [3.63, 3.8) is 0 Å². The minimum Gasteiger partial charge on any atom is -0.353 e. The molecule has 2 aromatic carbocycles. The first-order valence-electron chi connectivity index (χ1n) is 10.9. The number of fused-ring (bicyclic) bond motifs is 2. The Morgan fingerprint density at radius 3 is 2.78 bits per heavy atom. The maximum atomic E-state index is 14.0. The van der Waals surface area contributed by atoms with Crippen LogP contribution in [0.1, 0.15) is 22.4 Å². The largest absolute Gasteiger partial charge is 0.353 e. The Morgan fingerprint density at radius 2 is 1.94 bits per heavy atom. The quantitative estimate of drug-likeness (QED) is 0.552. The Kier molecular flexibility index (Phi) is 5.69. The van der Waals surface area contributed by atoms with Gasteiger partial charge in [0.2, 0.25) is 0 Å². The maximum absolute atomic E-state index is 14.0. The van der Waals surface area contributed by atoms with Gasteiger partial charge in [-0.3, -0.25) is 4.90 Å². The van der Waals surface area contributed by atoms with Crippen molar-refractivity contribution in [3.8, 4) is 0 Å². The topological polar surface area (TPSA) is 30.9 Å². The summed E-state index contributed by atoms with van der Waals surface area (Å²) in [5.41, 5.74) is 3.53. The van der Waals surface area contributed by atoms with E-state index in [1.54, 1.807) is 29.5 Å². The first-order valence-corrected chi connectivity index (χ1v) is 11.7. The van der Waals surface area contributed by atoms with Crippen molar-refractivity contribution in [2.75, 3.05) is 32.0 Å². The molecule has 166 valence electrons. The van der Waals surface area contributed by atoms with Crippen molar-refractivity contribution >= 4 is 33.5 Å². The molecule has 32 heavy (non-hydrogen) atoms. The Bertz CT molecular complexity index is 1170. The van der Waals surface area contributed by atoms with Gasteiger partial charge in [-0.05, 0) is 62.7 Å². The zero-order valence-electron chi connectivity index (χ0n) is 18.2. The first kappa shape index (κ1) is 21.1. The molecule has 0 saturated carbocycles. The number of aliphatic imine (C=N–C) groups is 1. The van der Waals surface area contributed by atoms with Crippen LogP contribution in [-0.2, 0) is 6.42 Å². The van der Waals surface area contributed by atoms with Crippen molar-refractivity contribution in [3.05, 3.63) is 76.2 Å². The van der Waals surface area contributed by atoms with Gasteiger partial charge >= 0.3 is 0 Å².